The molecule has 5 heteroatoms. The average Bonchev–Trinajstić information content (AvgIpc) is 2.89. The summed E-state index contributed by atoms with van der Waals surface area (Å²) in [5.74, 6) is 0.792. The minimum absolute atomic E-state index is 0.0948. The van der Waals surface area contributed by atoms with E-state index in [0.29, 0.717) is 19.2 Å². The van der Waals surface area contributed by atoms with Crippen molar-refractivity contribution in [3.05, 3.63) is 28.7 Å². The molecule has 2 N–H and O–H groups in total. The van der Waals surface area contributed by atoms with Crippen molar-refractivity contribution in [2.24, 2.45) is 0 Å². The van der Waals surface area contributed by atoms with Crippen LogP contribution in [0.1, 0.15) is 25.7 Å². The second-order valence-electron chi connectivity index (χ2n) is 4.66. The maximum Gasteiger partial charge on any atom is 0.315 e. The zero-order valence-electron chi connectivity index (χ0n) is 10.8. The van der Waals surface area contributed by atoms with Crippen LogP contribution in [0.4, 0.5) is 4.79 Å². The van der Waals surface area contributed by atoms with Gasteiger partial charge in [-0.05, 0) is 40.9 Å². The Hall–Kier alpha value is -1.23. The van der Waals surface area contributed by atoms with Gasteiger partial charge in [0.2, 0.25) is 0 Å². The second-order valence-corrected chi connectivity index (χ2v) is 5.51. The van der Waals surface area contributed by atoms with Gasteiger partial charge in [-0.15, -0.1) is 0 Å². The van der Waals surface area contributed by atoms with E-state index in [4.69, 9.17) is 4.74 Å². The van der Waals surface area contributed by atoms with E-state index in [1.807, 2.05) is 24.3 Å². The zero-order chi connectivity index (χ0) is 13.5. The van der Waals surface area contributed by atoms with E-state index in [2.05, 4.69) is 26.6 Å². The van der Waals surface area contributed by atoms with Gasteiger partial charge in [-0.25, -0.2) is 4.79 Å². The van der Waals surface area contributed by atoms with E-state index in [9.17, 15) is 4.79 Å². The summed E-state index contributed by atoms with van der Waals surface area (Å²) in [6, 6.07) is 7.93. The van der Waals surface area contributed by atoms with Gasteiger partial charge in [0.1, 0.15) is 12.4 Å². The van der Waals surface area contributed by atoms with Crippen molar-refractivity contribution >= 4 is 22.0 Å². The molecule has 0 unspecified atom stereocenters. The number of halogens is 1. The van der Waals surface area contributed by atoms with E-state index in [1.165, 1.54) is 12.8 Å². The van der Waals surface area contributed by atoms with Crippen molar-refractivity contribution in [3.63, 3.8) is 0 Å². The van der Waals surface area contributed by atoms with Crippen LogP contribution in [0.25, 0.3) is 0 Å². The lowest BCUT2D eigenvalue weighted by molar-refractivity contribution is 0.232. The van der Waals surface area contributed by atoms with Crippen molar-refractivity contribution in [1.29, 1.82) is 0 Å². The van der Waals surface area contributed by atoms with Gasteiger partial charge in [0, 0.05) is 6.04 Å². The Morgan fingerprint density at radius 1 is 1.32 bits per heavy atom. The molecule has 0 saturated heterocycles. The molecule has 19 heavy (non-hydrogen) atoms. The van der Waals surface area contributed by atoms with Crippen LogP contribution in [0.15, 0.2) is 28.7 Å². The molecule has 0 atom stereocenters. The molecule has 0 heterocycles. The molecule has 104 valence electrons. The minimum Gasteiger partial charge on any atom is -0.491 e. The summed E-state index contributed by atoms with van der Waals surface area (Å²) >= 11 is 3.41. The molecular weight excluding hydrogens is 308 g/mol. The van der Waals surface area contributed by atoms with Gasteiger partial charge in [0.25, 0.3) is 0 Å². The molecular formula is C14H19BrN2O2. The molecule has 0 radical (unpaired) electrons. The quantitative estimate of drug-likeness (QED) is 0.817. The van der Waals surface area contributed by atoms with E-state index in [1.54, 1.807) is 0 Å². The maximum atomic E-state index is 11.6. The van der Waals surface area contributed by atoms with Crippen LogP contribution in [0.5, 0.6) is 5.75 Å². The largest absolute Gasteiger partial charge is 0.491 e. The van der Waals surface area contributed by atoms with E-state index in [0.717, 1.165) is 23.1 Å². The third-order valence-electron chi connectivity index (χ3n) is 3.17. The number of carbonyl (C=O) groups excluding carboxylic acids is 1. The minimum atomic E-state index is -0.0948. The van der Waals surface area contributed by atoms with Crippen LogP contribution >= 0.6 is 15.9 Å². The summed E-state index contributed by atoms with van der Waals surface area (Å²) in [5, 5.41) is 5.78. The molecule has 1 fully saturated rings. The van der Waals surface area contributed by atoms with Crippen LogP contribution < -0.4 is 15.4 Å². The van der Waals surface area contributed by atoms with Crippen LogP contribution in [0, 0.1) is 0 Å². The van der Waals surface area contributed by atoms with Crippen molar-refractivity contribution in [2.75, 3.05) is 13.2 Å². The van der Waals surface area contributed by atoms with Crippen molar-refractivity contribution < 1.29 is 9.53 Å². The first-order chi connectivity index (χ1) is 9.25. The lowest BCUT2D eigenvalue weighted by Gasteiger charge is -2.13. The molecule has 1 aliphatic carbocycles. The highest BCUT2D eigenvalue weighted by Crippen LogP contribution is 2.23. The standard InChI is InChI=1S/C14H19BrN2O2/c15-12-7-3-4-8-13(12)19-10-9-16-14(18)17-11-5-1-2-6-11/h3-4,7-8,11H,1-2,5-6,9-10H2,(H2,16,17,18). The van der Waals surface area contributed by atoms with Crippen LogP contribution in [0.2, 0.25) is 0 Å². The molecule has 1 aliphatic rings. The summed E-state index contributed by atoms with van der Waals surface area (Å²) in [7, 11) is 0. The maximum absolute atomic E-state index is 11.6. The van der Waals surface area contributed by atoms with Crippen LogP contribution in [-0.2, 0) is 0 Å². The summed E-state index contributed by atoms with van der Waals surface area (Å²) in [5.41, 5.74) is 0. The molecule has 1 aromatic rings. The lowest BCUT2D eigenvalue weighted by atomic mass is 10.3. The Balaban J connectivity index is 1.61. The number of benzene rings is 1. The van der Waals surface area contributed by atoms with Crippen molar-refractivity contribution in [2.45, 2.75) is 31.7 Å². The first kappa shape index (κ1) is 14.2. The first-order valence-corrected chi connectivity index (χ1v) is 7.46. The SMILES string of the molecule is O=C(NCCOc1ccccc1Br)NC1CCCC1. The van der Waals surface area contributed by atoms with Gasteiger partial charge >= 0.3 is 6.03 Å². The Kier molecular flexibility index (Phi) is 5.51. The predicted octanol–water partition coefficient (Wildman–Crippen LogP) is 3.07. The highest BCUT2D eigenvalue weighted by atomic mass is 79.9. The van der Waals surface area contributed by atoms with Gasteiger partial charge in [-0.2, -0.15) is 0 Å². The normalized spacial score (nSPS) is 15.2. The smallest absolute Gasteiger partial charge is 0.315 e. The summed E-state index contributed by atoms with van der Waals surface area (Å²) in [4.78, 5) is 11.6. The number of para-hydroxylation sites is 1. The van der Waals surface area contributed by atoms with Crippen molar-refractivity contribution in [1.82, 2.24) is 10.6 Å². The fourth-order valence-corrected chi connectivity index (χ4v) is 2.59. The molecule has 4 nitrogen and oxygen atoms in total. The van der Waals surface area contributed by atoms with Gasteiger partial charge in [0.05, 0.1) is 11.0 Å². The van der Waals surface area contributed by atoms with Gasteiger partial charge in [-0.1, -0.05) is 25.0 Å². The zero-order valence-corrected chi connectivity index (χ0v) is 12.4. The fraction of sp³-hybridized carbons (Fsp3) is 0.500. The van der Waals surface area contributed by atoms with Crippen LogP contribution in [0.3, 0.4) is 0 Å². The monoisotopic (exact) mass is 326 g/mol. The molecule has 0 aromatic heterocycles. The number of hydrogen-bond acceptors (Lipinski definition) is 2. The van der Waals surface area contributed by atoms with Crippen molar-refractivity contribution in [3.8, 4) is 5.75 Å². The number of amides is 2. The number of ether oxygens (including phenoxy) is 1. The van der Waals surface area contributed by atoms with Crippen LogP contribution in [-0.4, -0.2) is 25.2 Å². The van der Waals surface area contributed by atoms with E-state index >= 15 is 0 Å². The van der Waals surface area contributed by atoms with Gasteiger partial charge in [-0.3, -0.25) is 0 Å². The van der Waals surface area contributed by atoms with E-state index < -0.39 is 0 Å². The number of nitrogens with one attached hydrogen (secondary N) is 2. The Morgan fingerprint density at radius 2 is 2.05 bits per heavy atom. The number of urea groups is 1. The molecule has 2 amide bonds. The number of carbonyl (C=O) groups is 1. The summed E-state index contributed by atoms with van der Waals surface area (Å²) < 4.78 is 6.49. The lowest BCUT2D eigenvalue weighted by Crippen LogP contribution is -2.42. The Labute approximate surface area is 122 Å². The Bertz CT molecular complexity index is 420. The fourth-order valence-electron chi connectivity index (χ4n) is 2.19. The molecule has 2 rings (SSSR count). The average molecular weight is 327 g/mol. The third kappa shape index (κ3) is 4.74. The first-order valence-electron chi connectivity index (χ1n) is 6.67. The molecule has 0 aliphatic heterocycles. The highest BCUT2D eigenvalue weighted by molar-refractivity contribution is 9.10. The van der Waals surface area contributed by atoms with Gasteiger partial charge in [0.15, 0.2) is 0 Å². The van der Waals surface area contributed by atoms with Gasteiger partial charge < -0.3 is 15.4 Å². The third-order valence-corrected chi connectivity index (χ3v) is 3.83. The highest BCUT2D eigenvalue weighted by Gasteiger charge is 2.16. The van der Waals surface area contributed by atoms with E-state index in [-0.39, 0.29) is 6.03 Å². The second kappa shape index (κ2) is 7.38. The molecule has 0 bridgehead atoms. The summed E-state index contributed by atoms with van der Waals surface area (Å²) in [6.07, 6.45) is 4.63. The molecule has 0 spiro atoms. The Morgan fingerprint density at radius 3 is 2.79 bits per heavy atom. The number of rotatable bonds is 5. The molecule has 1 saturated carbocycles. The summed E-state index contributed by atoms with van der Waals surface area (Å²) in [6.45, 7) is 0.959. The predicted molar refractivity (Wildman–Crippen MR) is 78.4 cm³/mol. The number of hydrogen-bond donors (Lipinski definition) is 2. The molecule has 1 aromatic carbocycles. The topological polar surface area (TPSA) is 50.4 Å².